The predicted molar refractivity (Wildman–Crippen MR) is 93.7 cm³/mol. The maximum absolute atomic E-state index is 12.3. The molecule has 0 spiro atoms. The van der Waals surface area contributed by atoms with Crippen LogP contribution in [0.2, 0.25) is 0 Å². The summed E-state index contributed by atoms with van der Waals surface area (Å²) in [6, 6.07) is 4.04. The van der Waals surface area contributed by atoms with Gasteiger partial charge in [0.05, 0.1) is 6.54 Å². The molecule has 0 saturated carbocycles. The first-order valence-electron chi connectivity index (χ1n) is 7.98. The monoisotopic (exact) mass is 381 g/mol. The van der Waals surface area contributed by atoms with Crippen molar-refractivity contribution in [2.24, 2.45) is 11.6 Å². The van der Waals surface area contributed by atoms with Gasteiger partial charge in [0.25, 0.3) is 0 Å². The zero-order chi connectivity index (χ0) is 20.4. The van der Waals surface area contributed by atoms with E-state index in [1.807, 2.05) is 0 Å². The number of phenolic OH excluding ortho intramolecular Hbond substituents is 1. The van der Waals surface area contributed by atoms with E-state index < -0.39 is 42.3 Å². The zero-order valence-electron chi connectivity index (χ0n) is 14.7. The molecular formula is C16H23N5O6. The molecule has 1 aromatic carbocycles. The fraction of sp³-hybridized carbons (Fsp3) is 0.375. The van der Waals surface area contributed by atoms with Gasteiger partial charge in [-0.2, -0.15) is 0 Å². The van der Waals surface area contributed by atoms with Gasteiger partial charge in [-0.25, -0.2) is 5.90 Å². The molecule has 148 valence electrons. The third kappa shape index (κ3) is 8.16. The molecule has 0 aliphatic heterocycles. The molecule has 0 bridgehead atoms. The molecule has 1 rings (SSSR count). The van der Waals surface area contributed by atoms with E-state index in [0.29, 0.717) is 5.56 Å². The summed E-state index contributed by atoms with van der Waals surface area (Å²) in [5.74, 6) is 2.25. The van der Waals surface area contributed by atoms with Gasteiger partial charge in [-0.3, -0.25) is 24.0 Å². The van der Waals surface area contributed by atoms with E-state index in [9.17, 15) is 24.3 Å². The number of amides is 4. The number of nitrogens with two attached hydrogens (primary N) is 2. The van der Waals surface area contributed by atoms with Gasteiger partial charge in [-0.05, 0) is 24.6 Å². The Morgan fingerprint density at radius 2 is 1.74 bits per heavy atom. The first-order chi connectivity index (χ1) is 12.7. The standard InChI is InChI=1S/C16H23N5O6/c1-9(20-14(24)8-27-18)15(25)21-12(16(26)19-7-13(17)23)6-10-2-4-11(22)5-3-10/h2-5,9,12,22H,6-8,18H2,1H3,(H2,17,23)(H,19,26)(H,20,24)(H,21,25)/t9-,12-/m0/s1. The lowest BCUT2D eigenvalue weighted by atomic mass is 10.0. The van der Waals surface area contributed by atoms with Gasteiger partial charge in [0.15, 0.2) is 0 Å². The maximum atomic E-state index is 12.3. The minimum Gasteiger partial charge on any atom is -0.508 e. The van der Waals surface area contributed by atoms with E-state index in [2.05, 4.69) is 20.8 Å². The summed E-state index contributed by atoms with van der Waals surface area (Å²) in [6.45, 7) is 0.608. The van der Waals surface area contributed by atoms with Gasteiger partial charge >= 0.3 is 0 Å². The number of primary amides is 1. The molecule has 0 aromatic heterocycles. The van der Waals surface area contributed by atoms with E-state index >= 15 is 0 Å². The lowest BCUT2D eigenvalue weighted by Gasteiger charge is -2.21. The number of hydrogen-bond donors (Lipinski definition) is 6. The van der Waals surface area contributed by atoms with Gasteiger partial charge in [-0.15, -0.1) is 0 Å². The van der Waals surface area contributed by atoms with Crippen molar-refractivity contribution in [1.82, 2.24) is 16.0 Å². The predicted octanol–water partition coefficient (Wildman–Crippen LogP) is -2.58. The highest BCUT2D eigenvalue weighted by atomic mass is 16.6. The molecule has 8 N–H and O–H groups in total. The second-order valence-electron chi connectivity index (χ2n) is 5.72. The minimum absolute atomic E-state index is 0.0518. The van der Waals surface area contributed by atoms with Crippen molar-refractivity contribution in [1.29, 1.82) is 0 Å². The molecule has 0 aliphatic carbocycles. The molecule has 0 saturated heterocycles. The number of carbonyl (C=O) groups excluding carboxylic acids is 4. The second kappa shape index (κ2) is 10.7. The number of rotatable bonds is 10. The lowest BCUT2D eigenvalue weighted by molar-refractivity contribution is -0.133. The summed E-state index contributed by atoms with van der Waals surface area (Å²) in [5, 5.41) is 16.5. The third-order valence-electron chi connectivity index (χ3n) is 3.43. The third-order valence-corrected chi connectivity index (χ3v) is 3.43. The summed E-state index contributed by atoms with van der Waals surface area (Å²) in [6.07, 6.45) is 0.0865. The van der Waals surface area contributed by atoms with Gasteiger partial charge < -0.3 is 26.8 Å². The molecule has 27 heavy (non-hydrogen) atoms. The summed E-state index contributed by atoms with van der Waals surface area (Å²) < 4.78 is 0. The van der Waals surface area contributed by atoms with Crippen LogP contribution in [0.5, 0.6) is 5.75 Å². The van der Waals surface area contributed by atoms with E-state index in [-0.39, 0.29) is 18.7 Å². The Hall–Kier alpha value is -3.18. The van der Waals surface area contributed by atoms with Crippen LogP contribution in [-0.2, 0) is 30.4 Å². The molecule has 11 nitrogen and oxygen atoms in total. The molecule has 0 fully saturated rings. The Labute approximate surface area is 155 Å². The normalized spacial score (nSPS) is 12.5. The Morgan fingerprint density at radius 1 is 1.11 bits per heavy atom. The smallest absolute Gasteiger partial charge is 0.248 e. The summed E-state index contributed by atoms with van der Waals surface area (Å²) in [5.41, 5.74) is 5.66. The number of phenols is 1. The van der Waals surface area contributed by atoms with Gasteiger partial charge in [0.1, 0.15) is 24.4 Å². The van der Waals surface area contributed by atoms with Crippen LogP contribution in [0.1, 0.15) is 12.5 Å². The van der Waals surface area contributed by atoms with E-state index in [4.69, 9.17) is 11.6 Å². The van der Waals surface area contributed by atoms with Crippen molar-refractivity contribution in [2.75, 3.05) is 13.2 Å². The number of nitrogens with one attached hydrogen (secondary N) is 3. The number of carbonyl (C=O) groups is 4. The first-order valence-corrected chi connectivity index (χ1v) is 7.98. The SMILES string of the molecule is C[C@H](NC(=O)CON)C(=O)N[C@@H](Cc1ccc(O)cc1)C(=O)NCC(N)=O. The fourth-order valence-corrected chi connectivity index (χ4v) is 2.10. The average Bonchev–Trinajstić information content (AvgIpc) is 2.60. The molecule has 0 heterocycles. The van der Waals surface area contributed by atoms with Crippen molar-refractivity contribution in [2.45, 2.75) is 25.4 Å². The lowest BCUT2D eigenvalue weighted by Crippen LogP contribution is -2.54. The molecule has 0 unspecified atom stereocenters. The molecular weight excluding hydrogens is 358 g/mol. The fourth-order valence-electron chi connectivity index (χ4n) is 2.10. The van der Waals surface area contributed by atoms with Crippen LogP contribution in [-0.4, -0.2) is 54.0 Å². The van der Waals surface area contributed by atoms with Crippen LogP contribution in [0.4, 0.5) is 0 Å². The summed E-state index contributed by atoms with van der Waals surface area (Å²) >= 11 is 0. The Kier molecular flexibility index (Phi) is 8.69. The van der Waals surface area contributed by atoms with Crippen molar-refractivity contribution in [3.8, 4) is 5.75 Å². The van der Waals surface area contributed by atoms with Gasteiger partial charge in [0, 0.05) is 6.42 Å². The van der Waals surface area contributed by atoms with E-state index in [0.717, 1.165) is 0 Å². The highest BCUT2D eigenvalue weighted by molar-refractivity contribution is 5.93. The largest absolute Gasteiger partial charge is 0.508 e. The number of aromatic hydroxyl groups is 1. The van der Waals surface area contributed by atoms with Crippen molar-refractivity contribution >= 4 is 23.6 Å². The Morgan fingerprint density at radius 3 is 2.30 bits per heavy atom. The van der Waals surface area contributed by atoms with Gasteiger partial charge in [0.2, 0.25) is 23.6 Å². The van der Waals surface area contributed by atoms with Crippen molar-refractivity contribution < 1.29 is 29.1 Å². The van der Waals surface area contributed by atoms with E-state index in [1.165, 1.54) is 19.1 Å². The van der Waals surface area contributed by atoms with Crippen LogP contribution in [0.25, 0.3) is 0 Å². The number of benzene rings is 1. The topological polar surface area (TPSA) is 186 Å². The molecule has 2 atom stereocenters. The quantitative estimate of drug-likeness (QED) is 0.240. The number of hydrogen-bond acceptors (Lipinski definition) is 7. The molecule has 1 aromatic rings. The molecule has 11 heteroatoms. The zero-order valence-corrected chi connectivity index (χ0v) is 14.7. The highest BCUT2D eigenvalue weighted by Gasteiger charge is 2.24. The van der Waals surface area contributed by atoms with Crippen molar-refractivity contribution in [3.63, 3.8) is 0 Å². The molecule has 4 amide bonds. The summed E-state index contributed by atoms with van der Waals surface area (Å²) in [4.78, 5) is 51.0. The second-order valence-corrected chi connectivity index (χ2v) is 5.72. The molecule has 0 radical (unpaired) electrons. The van der Waals surface area contributed by atoms with Crippen LogP contribution in [0, 0.1) is 0 Å². The minimum atomic E-state index is -1.04. The van der Waals surface area contributed by atoms with Crippen molar-refractivity contribution in [3.05, 3.63) is 29.8 Å². The Bertz CT molecular complexity index is 678. The van der Waals surface area contributed by atoms with Crippen LogP contribution in [0.3, 0.4) is 0 Å². The summed E-state index contributed by atoms with van der Waals surface area (Å²) in [7, 11) is 0. The van der Waals surface area contributed by atoms with E-state index in [1.54, 1.807) is 12.1 Å². The van der Waals surface area contributed by atoms with Gasteiger partial charge in [-0.1, -0.05) is 12.1 Å². The Balaban J connectivity index is 2.81. The molecule has 0 aliphatic rings. The van der Waals surface area contributed by atoms with Crippen LogP contribution >= 0.6 is 0 Å². The van der Waals surface area contributed by atoms with Crippen LogP contribution < -0.4 is 27.6 Å². The van der Waals surface area contributed by atoms with Crippen LogP contribution in [0.15, 0.2) is 24.3 Å². The maximum Gasteiger partial charge on any atom is 0.248 e. The highest BCUT2D eigenvalue weighted by Crippen LogP contribution is 2.11. The average molecular weight is 381 g/mol. The first kappa shape index (κ1) is 21.9.